The lowest BCUT2D eigenvalue weighted by molar-refractivity contribution is 0.417. The topological polar surface area (TPSA) is 122 Å². The second kappa shape index (κ2) is 7.22. The number of hydrogen-bond donors (Lipinski definition) is 1. The molecule has 6 rings (SSSR count). The molecule has 1 aliphatic rings. The Hall–Kier alpha value is -4.25. The molecule has 0 radical (unpaired) electrons. The fourth-order valence-corrected chi connectivity index (χ4v) is 4.04. The molecule has 1 N–H and O–H groups in total. The van der Waals surface area contributed by atoms with Gasteiger partial charge in [-0.15, -0.1) is 0 Å². The van der Waals surface area contributed by atoms with Crippen LogP contribution >= 0.6 is 11.5 Å². The molecule has 0 aromatic carbocycles. The van der Waals surface area contributed by atoms with Crippen molar-refractivity contribution in [1.82, 2.24) is 24.5 Å². The molecule has 6 heterocycles. The summed E-state index contributed by atoms with van der Waals surface area (Å²) in [7, 11) is 0. The Labute approximate surface area is 178 Å². The van der Waals surface area contributed by atoms with E-state index in [-0.39, 0.29) is 0 Å². The first-order chi connectivity index (χ1) is 15.4. The Bertz CT molecular complexity index is 1320. The van der Waals surface area contributed by atoms with Gasteiger partial charge in [0, 0.05) is 29.9 Å². The van der Waals surface area contributed by atoms with E-state index in [1.54, 1.807) is 30.9 Å². The molecule has 10 nitrogen and oxygen atoms in total. The van der Waals surface area contributed by atoms with Gasteiger partial charge in [0.25, 0.3) is 0 Å². The van der Waals surface area contributed by atoms with E-state index >= 15 is 0 Å². The Morgan fingerprint density at radius 3 is 2.68 bits per heavy atom. The molecule has 1 aliphatic heterocycles. The van der Waals surface area contributed by atoms with Gasteiger partial charge in [-0.2, -0.15) is 4.37 Å². The number of aromatic amines is 1. The van der Waals surface area contributed by atoms with Crippen LogP contribution in [-0.2, 0) is 0 Å². The molecule has 0 bridgehead atoms. The van der Waals surface area contributed by atoms with E-state index in [9.17, 15) is 0 Å². The highest BCUT2D eigenvalue weighted by atomic mass is 32.1. The Kier molecular flexibility index (Phi) is 4.10. The average Bonchev–Trinajstić information content (AvgIpc) is 3.65. The molecule has 1 atom stereocenters. The van der Waals surface area contributed by atoms with Gasteiger partial charge in [-0.3, -0.25) is 4.90 Å². The number of oxazole rings is 1. The fourth-order valence-electron chi connectivity index (χ4n) is 3.52. The van der Waals surface area contributed by atoms with Crippen LogP contribution in [0.4, 0.5) is 5.88 Å². The monoisotopic (exact) mass is 431 g/mol. The predicted molar refractivity (Wildman–Crippen MR) is 111 cm³/mol. The van der Waals surface area contributed by atoms with Crippen LogP contribution in [0.2, 0.25) is 0 Å². The molecule has 0 spiro atoms. The molecule has 5 aromatic heterocycles. The molecule has 31 heavy (non-hydrogen) atoms. The first kappa shape index (κ1) is 17.6. The zero-order chi connectivity index (χ0) is 20.6. The van der Waals surface area contributed by atoms with Crippen LogP contribution in [0.1, 0.15) is 29.1 Å². The summed E-state index contributed by atoms with van der Waals surface area (Å²) in [5, 5.41) is 6.02. The van der Waals surface area contributed by atoms with Crippen LogP contribution in [0.15, 0.2) is 85.4 Å². The minimum Gasteiger partial charge on any atom is -0.448 e. The maximum Gasteiger partial charge on any atom is 0.223 e. The lowest BCUT2D eigenvalue weighted by atomic mass is 10.0. The molecule has 0 amide bonds. The van der Waals surface area contributed by atoms with Crippen molar-refractivity contribution >= 4 is 34.5 Å². The van der Waals surface area contributed by atoms with Crippen molar-refractivity contribution in [3.8, 4) is 0 Å². The number of imidazole rings is 1. The van der Waals surface area contributed by atoms with Gasteiger partial charge in [-0.25, -0.2) is 15.0 Å². The first-order valence-electron chi connectivity index (χ1n) is 9.26. The van der Waals surface area contributed by atoms with Gasteiger partial charge >= 0.3 is 0 Å². The minimum absolute atomic E-state index is 0.436. The van der Waals surface area contributed by atoms with E-state index in [0.717, 1.165) is 0 Å². The Balaban J connectivity index is 1.70. The third kappa shape index (κ3) is 2.90. The van der Waals surface area contributed by atoms with Gasteiger partial charge < -0.3 is 18.3 Å². The van der Waals surface area contributed by atoms with Gasteiger partial charge in [0.05, 0.1) is 12.5 Å². The highest BCUT2D eigenvalue weighted by Crippen LogP contribution is 2.43. The summed E-state index contributed by atoms with van der Waals surface area (Å²) in [6, 6.07) is 6.75. The smallest absolute Gasteiger partial charge is 0.223 e. The lowest BCUT2D eigenvalue weighted by Gasteiger charge is -2.35. The molecule has 5 aromatic rings. The van der Waals surface area contributed by atoms with Crippen molar-refractivity contribution < 1.29 is 13.4 Å². The summed E-state index contributed by atoms with van der Waals surface area (Å²) < 4.78 is 21.2. The summed E-state index contributed by atoms with van der Waals surface area (Å²) in [6.07, 6.45) is 9.63. The number of nitrogens with one attached hydrogen (secondary N) is 1. The van der Waals surface area contributed by atoms with E-state index in [4.69, 9.17) is 18.3 Å². The molecule has 0 fully saturated rings. The van der Waals surface area contributed by atoms with E-state index in [0.29, 0.717) is 46.1 Å². The van der Waals surface area contributed by atoms with Crippen LogP contribution in [-0.4, -0.2) is 30.2 Å². The number of furan rings is 1. The number of aromatic nitrogens is 5. The van der Waals surface area contributed by atoms with Crippen LogP contribution in [0.25, 0.3) is 11.4 Å². The third-order valence-corrected chi connectivity index (χ3v) is 5.31. The van der Waals surface area contributed by atoms with Gasteiger partial charge in [-0.1, -0.05) is 5.16 Å². The van der Waals surface area contributed by atoms with Gasteiger partial charge in [0.15, 0.2) is 11.9 Å². The normalized spacial score (nSPS) is 16.7. The molecule has 1 unspecified atom stereocenters. The van der Waals surface area contributed by atoms with E-state index in [2.05, 4.69) is 24.5 Å². The number of rotatable bonds is 5. The average molecular weight is 431 g/mol. The first-order valence-corrected chi connectivity index (χ1v) is 10.1. The van der Waals surface area contributed by atoms with Crippen molar-refractivity contribution in [2.24, 2.45) is 4.99 Å². The van der Waals surface area contributed by atoms with Crippen molar-refractivity contribution in [2.45, 2.75) is 6.04 Å². The second-order valence-corrected chi connectivity index (χ2v) is 7.16. The molecule has 0 saturated carbocycles. The van der Waals surface area contributed by atoms with Crippen LogP contribution in [0, 0.1) is 0 Å². The summed E-state index contributed by atoms with van der Waals surface area (Å²) in [6.45, 7) is 0. The predicted octanol–water partition coefficient (Wildman–Crippen LogP) is 4.01. The minimum atomic E-state index is -0.556. The summed E-state index contributed by atoms with van der Waals surface area (Å²) in [5.41, 5.74) is 3.06. The van der Waals surface area contributed by atoms with Crippen molar-refractivity contribution in [3.05, 3.63) is 90.1 Å². The third-order valence-electron chi connectivity index (χ3n) is 4.75. The lowest BCUT2D eigenvalue weighted by Crippen LogP contribution is -2.37. The molecule has 0 saturated heterocycles. The highest BCUT2D eigenvalue weighted by molar-refractivity contribution is 7.03. The van der Waals surface area contributed by atoms with Gasteiger partial charge in [0.2, 0.25) is 11.8 Å². The Morgan fingerprint density at radius 2 is 2.00 bits per heavy atom. The summed E-state index contributed by atoms with van der Waals surface area (Å²) >= 11 is 1.34. The standard InChI is InChI=1S/C20H13N7O3S/c1-2-14(28-8-1)27-17(19-21-5-6-22-19)15(12-3-9-30-25-12)24-16(13-4-11-31-26-13)18(27)20-23-7-10-29-20/h1-11,18H,(H,21,22). The van der Waals surface area contributed by atoms with Gasteiger partial charge in [0.1, 0.15) is 41.0 Å². The van der Waals surface area contributed by atoms with E-state index < -0.39 is 6.04 Å². The summed E-state index contributed by atoms with van der Waals surface area (Å²) in [4.78, 5) is 19.0. The molecular weight excluding hydrogens is 418 g/mol. The quantitative estimate of drug-likeness (QED) is 0.443. The SMILES string of the molecule is c1coc(N2C(c3ncc[nH]3)=C(c3ccon3)N=C(c3ccsn3)C2c2ncco2)c1. The second-order valence-electron chi connectivity index (χ2n) is 6.50. The van der Waals surface area contributed by atoms with Crippen LogP contribution < -0.4 is 4.90 Å². The maximum atomic E-state index is 5.82. The highest BCUT2D eigenvalue weighted by Gasteiger charge is 2.41. The number of anilines is 1. The number of aliphatic imine (C=N–C) groups is 1. The number of hydrogen-bond acceptors (Lipinski definition) is 10. The van der Waals surface area contributed by atoms with Crippen molar-refractivity contribution in [3.63, 3.8) is 0 Å². The molecule has 11 heteroatoms. The fraction of sp³-hybridized carbons (Fsp3) is 0.0500. The van der Waals surface area contributed by atoms with Gasteiger partial charge in [-0.05, 0) is 23.7 Å². The van der Waals surface area contributed by atoms with Crippen LogP contribution in [0.3, 0.4) is 0 Å². The zero-order valence-corrected chi connectivity index (χ0v) is 16.6. The van der Waals surface area contributed by atoms with Crippen molar-refractivity contribution in [1.29, 1.82) is 0 Å². The van der Waals surface area contributed by atoms with Crippen LogP contribution in [0.5, 0.6) is 0 Å². The maximum absolute atomic E-state index is 5.82. The Morgan fingerprint density at radius 1 is 1.00 bits per heavy atom. The molecular formula is C20H13N7O3S. The summed E-state index contributed by atoms with van der Waals surface area (Å²) in [5.74, 6) is 1.57. The zero-order valence-electron chi connectivity index (χ0n) is 15.7. The molecule has 152 valence electrons. The van der Waals surface area contributed by atoms with E-state index in [1.165, 1.54) is 24.1 Å². The van der Waals surface area contributed by atoms with Crippen molar-refractivity contribution in [2.75, 3.05) is 4.90 Å². The van der Waals surface area contributed by atoms with E-state index in [1.807, 2.05) is 28.5 Å². The number of H-pyrrole nitrogens is 1. The number of nitrogens with zero attached hydrogens (tertiary/aromatic N) is 6. The largest absolute Gasteiger partial charge is 0.448 e. The molecule has 0 aliphatic carbocycles.